The van der Waals surface area contributed by atoms with Crippen molar-refractivity contribution in [1.29, 1.82) is 5.26 Å². The summed E-state index contributed by atoms with van der Waals surface area (Å²) >= 11 is 0. The molecular weight excluding hydrogens is 128 g/mol. The van der Waals surface area contributed by atoms with Gasteiger partial charge >= 0.3 is 0 Å². The molecule has 0 aliphatic heterocycles. The quantitative estimate of drug-likeness (QED) is 0.563. The van der Waals surface area contributed by atoms with E-state index in [1.807, 2.05) is 6.92 Å². The molecule has 0 saturated carbocycles. The molecule has 0 amide bonds. The summed E-state index contributed by atoms with van der Waals surface area (Å²) in [6.45, 7) is 1.82. The molecule has 1 heterocycles. The molecule has 1 aromatic heterocycles. The Morgan fingerprint density at radius 1 is 1.80 bits per heavy atom. The van der Waals surface area contributed by atoms with Gasteiger partial charge < -0.3 is 0 Å². The highest BCUT2D eigenvalue weighted by molar-refractivity contribution is 5.10. The van der Waals surface area contributed by atoms with Crippen molar-refractivity contribution in [2.45, 2.75) is 12.8 Å². The minimum absolute atomic E-state index is 0.125. The predicted molar refractivity (Wildman–Crippen MR) is 35.0 cm³/mol. The van der Waals surface area contributed by atoms with Crippen LogP contribution < -0.4 is 0 Å². The van der Waals surface area contributed by atoms with Gasteiger partial charge in [-0.1, -0.05) is 5.21 Å². The van der Waals surface area contributed by atoms with Crippen LogP contribution in [0.15, 0.2) is 6.20 Å². The fourth-order valence-electron chi connectivity index (χ4n) is 0.756. The smallest absolute Gasteiger partial charge is 0.0869 e. The third kappa shape index (κ3) is 0.982. The highest BCUT2D eigenvalue weighted by Gasteiger charge is 2.07. The lowest BCUT2D eigenvalue weighted by molar-refractivity contribution is 0.667. The molecular formula is C6H8N4. The van der Waals surface area contributed by atoms with E-state index in [9.17, 15) is 0 Å². The molecule has 0 bridgehead atoms. The summed E-state index contributed by atoms with van der Waals surface area (Å²) in [5, 5.41) is 15.9. The summed E-state index contributed by atoms with van der Waals surface area (Å²) in [6, 6.07) is 2.11. The van der Waals surface area contributed by atoms with Crippen molar-refractivity contribution in [3.05, 3.63) is 11.9 Å². The molecule has 0 N–H and O–H groups in total. The molecule has 0 aliphatic rings. The number of nitrogens with zero attached hydrogens (tertiary/aromatic N) is 4. The van der Waals surface area contributed by atoms with Crippen LogP contribution in [0.25, 0.3) is 0 Å². The van der Waals surface area contributed by atoms with Crippen molar-refractivity contribution in [1.82, 2.24) is 15.0 Å². The fourth-order valence-corrected chi connectivity index (χ4v) is 0.756. The Kier molecular flexibility index (Phi) is 1.67. The van der Waals surface area contributed by atoms with Gasteiger partial charge in [-0.3, -0.25) is 4.68 Å². The summed E-state index contributed by atoms with van der Waals surface area (Å²) in [4.78, 5) is 0. The molecule has 52 valence electrons. The summed E-state index contributed by atoms with van der Waals surface area (Å²) in [7, 11) is 1.77. The lowest BCUT2D eigenvalue weighted by Gasteiger charge is -1.98. The maximum absolute atomic E-state index is 8.51. The number of hydrogen-bond acceptors (Lipinski definition) is 3. The van der Waals surface area contributed by atoms with Crippen LogP contribution in [0.2, 0.25) is 0 Å². The molecule has 0 aliphatic carbocycles. The Balaban J connectivity index is 2.96. The predicted octanol–water partition coefficient (Wildman–Crippen LogP) is 0.442. The second-order valence-corrected chi connectivity index (χ2v) is 2.13. The van der Waals surface area contributed by atoms with Crippen LogP contribution in [0.1, 0.15) is 18.5 Å². The Hall–Kier alpha value is -1.37. The van der Waals surface area contributed by atoms with Gasteiger partial charge in [0.25, 0.3) is 0 Å². The van der Waals surface area contributed by atoms with Crippen LogP contribution in [-0.4, -0.2) is 15.0 Å². The minimum atomic E-state index is -0.125. The van der Waals surface area contributed by atoms with E-state index in [1.54, 1.807) is 17.9 Å². The zero-order chi connectivity index (χ0) is 7.56. The lowest BCUT2D eigenvalue weighted by atomic mass is 10.1. The van der Waals surface area contributed by atoms with Crippen molar-refractivity contribution < 1.29 is 0 Å². The van der Waals surface area contributed by atoms with Crippen molar-refractivity contribution in [3.63, 3.8) is 0 Å². The van der Waals surface area contributed by atoms with Gasteiger partial charge in [0.2, 0.25) is 0 Å². The number of aromatic nitrogens is 3. The lowest BCUT2D eigenvalue weighted by Crippen LogP contribution is -2.00. The zero-order valence-corrected chi connectivity index (χ0v) is 5.94. The summed E-state index contributed by atoms with van der Waals surface area (Å²) < 4.78 is 1.61. The maximum Gasteiger partial charge on any atom is 0.0869 e. The molecule has 10 heavy (non-hydrogen) atoms. The number of hydrogen-bond donors (Lipinski definition) is 0. The molecule has 1 rings (SSSR count). The van der Waals surface area contributed by atoms with Crippen molar-refractivity contribution >= 4 is 0 Å². The minimum Gasteiger partial charge on any atom is -0.251 e. The largest absolute Gasteiger partial charge is 0.251 e. The van der Waals surface area contributed by atoms with E-state index in [0.717, 1.165) is 5.69 Å². The van der Waals surface area contributed by atoms with Crippen molar-refractivity contribution in [3.8, 4) is 6.07 Å². The summed E-state index contributed by atoms with van der Waals surface area (Å²) in [6.07, 6.45) is 1.61. The van der Waals surface area contributed by atoms with Gasteiger partial charge in [-0.05, 0) is 6.92 Å². The first-order valence-corrected chi connectivity index (χ1v) is 3.00. The SMILES string of the molecule is CC(C#N)c1cnnn1C. The van der Waals surface area contributed by atoms with Gasteiger partial charge in [0.15, 0.2) is 0 Å². The van der Waals surface area contributed by atoms with Gasteiger partial charge in [0, 0.05) is 7.05 Å². The first kappa shape index (κ1) is 6.75. The van der Waals surface area contributed by atoms with Gasteiger partial charge in [-0.25, -0.2) is 0 Å². The Labute approximate surface area is 59.1 Å². The van der Waals surface area contributed by atoms with Crippen LogP contribution in [-0.2, 0) is 7.05 Å². The van der Waals surface area contributed by atoms with E-state index in [-0.39, 0.29) is 5.92 Å². The highest BCUT2D eigenvalue weighted by atomic mass is 15.4. The van der Waals surface area contributed by atoms with Crippen LogP contribution in [0.3, 0.4) is 0 Å². The standard InChI is InChI=1S/C6H8N4/c1-5(3-7)6-4-8-9-10(6)2/h4-5H,1-2H3. The third-order valence-corrected chi connectivity index (χ3v) is 1.39. The number of nitriles is 1. The van der Waals surface area contributed by atoms with Gasteiger partial charge in [-0.15, -0.1) is 5.10 Å². The molecule has 0 fully saturated rings. The Bertz CT molecular complexity index is 257. The van der Waals surface area contributed by atoms with Crippen LogP contribution in [0, 0.1) is 11.3 Å². The molecule has 1 aromatic rings. The summed E-state index contributed by atoms with van der Waals surface area (Å²) in [5.41, 5.74) is 0.850. The number of aryl methyl sites for hydroxylation is 1. The first-order chi connectivity index (χ1) is 4.75. The van der Waals surface area contributed by atoms with E-state index in [4.69, 9.17) is 5.26 Å². The first-order valence-electron chi connectivity index (χ1n) is 3.00. The summed E-state index contributed by atoms with van der Waals surface area (Å²) in [5.74, 6) is -0.125. The van der Waals surface area contributed by atoms with Crippen LogP contribution in [0.4, 0.5) is 0 Å². The van der Waals surface area contributed by atoms with E-state index < -0.39 is 0 Å². The van der Waals surface area contributed by atoms with Crippen LogP contribution >= 0.6 is 0 Å². The molecule has 0 spiro atoms. The van der Waals surface area contributed by atoms with E-state index in [0.29, 0.717) is 0 Å². The van der Waals surface area contributed by atoms with Gasteiger partial charge in [0.05, 0.1) is 23.9 Å². The molecule has 0 aromatic carbocycles. The second-order valence-electron chi connectivity index (χ2n) is 2.13. The highest BCUT2D eigenvalue weighted by Crippen LogP contribution is 2.09. The molecule has 4 heteroatoms. The van der Waals surface area contributed by atoms with E-state index in [1.165, 1.54) is 0 Å². The average molecular weight is 136 g/mol. The molecule has 0 saturated heterocycles. The normalized spacial score (nSPS) is 12.5. The van der Waals surface area contributed by atoms with E-state index >= 15 is 0 Å². The number of rotatable bonds is 1. The molecule has 1 unspecified atom stereocenters. The van der Waals surface area contributed by atoms with Gasteiger partial charge in [0.1, 0.15) is 0 Å². The van der Waals surface area contributed by atoms with Gasteiger partial charge in [-0.2, -0.15) is 5.26 Å². The third-order valence-electron chi connectivity index (χ3n) is 1.39. The topological polar surface area (TPSA) is 54.5 Å². The van der Waals surface area contributed by atoms with Crippen molar-refractivity contribution in [2.75, 3.05) is 0 Å². The fraction of sp³-hybridized carbons (Fsp3) is 0.500. The zero-order valence-electron chi connectivity index (χ0n) is 5.94. The molecule has 0 radical (unpaired) electrons. The maximum atomic E-state index is 8.51. The monoisotopic (exact) mass is 136 g/mol. The second kappa shape index (κ2) is 2.48. The van der Waals surface area contributed by atoms with Crippen molar-refractivity contribution in [2.24, 2.45) is 7.05 Å². The molecule has 4 nitrogen and oxygen atoms in total. The Morgan fingerprint density at radius 2 is 2.50 bits per heavy atom. The van der Waals surface area contributed by atoms with E-state index in [2.05, 4.69) is 16.4 Å². The molecule has 1 atom stereocenters. The Morgan fingerprint density at radius 3 is 2.90 bits per heavy atom. The average Bonchev–Trinajstić information content (AvgIpc) is 2.34. The van der Waals surface area contributed by atoms with Crippen LogP contribution in [0.5, 0.6) is 0 Å².